The van der Waals surface area contributed by atoms with Crippen molar-refractivity contribution in [3.8, 4) is 0 Å². The zero-order chi connectivity index (χ0) is 8.97. The van der Waals surface area contributed by atoms with Gasteiger partial charge in [0.25, 0.3) is 0 Å². The van der Waals surface area contributed by atoms with E-state index < -0.39 is 12.1 Å². The Bertz CT molecular complexity index is 244. The maximum Gasteiger partial charge on any atom is 0.341 e. The lowest BCUT2D eigenvalue weighted by Gasteiger charge is -2.04. The first-order valence-corrected chi connectivity index (χ1v) is 3.37. The lowest BCUT2D eigenvalue weighted by Crippen LogP contribution is -2.36. The van der Waals surface area contributed by atoms with Crippen molar-refractivity contribution >= 4 is 5.97 Å². The highest BCUT2D eigenvalue weighted by atomic mass is 16.5. The summed E-state index contributed by atoms with van der Waals surface area (Å²) in [5, 5.41) is 6.07. The molecule has 1 aromatic heterocycles. The van der Waals surface area contributed by atoms with E-state index in [1.54, 1.807) is 0 Å². The number of carbonyl (C=O) groups excluding carboxylic acids is 1. The molecule has 5 N–H and O–H groups in total. The lowest BCUT2D eigenvalue weighted by molar-refractivity contribution is 0.0483. The summed E-state index contributed by atoms with van der Waals surface area (Å²) in [6, 6.07) is 0. The molecule has 0 saturated heterocycles. The van der Waals surface area contributed by atoms with Gasteiger partial charge in [0.05, 0.1) is 17.9 Å². The summed E-state index contributed by atoms with van der Waals surface area (Å²) in [5.74, 6) is -0.482. The molecule has 1 heterocycles. The summed E-state index contributed by atoms with van der Waals surface area (Å²) in [7, 11) is 0. The van der Waals surface area contributed by atoms with Gasteiger partial charge in [-0.15, -0.1) is 0 Å². The number of H-pyrrole nitrogens is 1. The van der Waals surface area contributed by atoms with Crippen LogP contribution in [0.3, 0.4) is 0 Å². The fraction of sp³-hybridized carbons (Fsp3) is 0.333. The Kier molecular flexibility index (Phi) is 2.78. The van der Waals surface area contributed by atoms with Crippen LogP contribution in [-0.4, -0.2) is 28.9 Å². The van der Waals surface area contributed by atoms with Crippen molar-refractivity contribution in [2.45, 2.75) is 6.17 Å². The third-order valence-electron chi connectivity index (χ3n) is 1.14. The van der Waals surface area contributed by atoms with Gasteiger partial charge in [-0.3, -0.25) is 5.10 Å². The molecule has 0 unspecified atom stereocenters. The van der Waals surface area contributed by atoms with Crippen molar-refractivity contribution < 1.29 is 9.53 Å². The predicted octanol–water partition coefficient (Wildman–Crippen LogP) is -1.19. The van der Waals surface area contributed by atoms with E-state index >= 15 is 0 Å². The summed E-state index contributed by atoms with van der Waals surface area (Å²) in [6.07, 6.45) is 2.16. The fourth-order valence-corrected chi connectivity index (χ4v) is 0.618. The smallest absolute Gasteiger partial charge is 0.341 e. The number of ether oxygens (including phenoxy) is 1. The second-order valence-corrected chi connectivity index (χ2v) is 2.25. The third kappa shape index (κ3) is 2.33. The van der Waals surface area contributed by atoms with Crippen LogP contribution in [0.5, 0.6) is 0 Å². The Morgan fingerprint density at radius 1 is 1.75 bits per heavy atom. The standard InChI is InChI=1S/C6H10N4O2/c7-5(8)3-12-6(11)4-1-9-10-2-4/h1-2,5H,3,7-8H2,(H,9,10). The van der Waals surface area contributed by atoms with Crippen LogP contribution in [0.1, 0.15) is 10.4 Å². The van der Waals surface area contributed by atoms with Crippen LogP contribution in [0, 0.1) is 0 Å². The number of nitrogens with one attached hydrogen (secondary N) is 1. The second-order valence-electron chi connectivity index (χ2n) is 2.25. The average Bonchev–Trinajstić information content (AvgIpc) is 2.51. The Balaban J connectivity index is 2.40. The molecule has 6 nitrogen and oxygen atoms in total. The zero-order valence-electron chi connectivity index (χ0n) is 6.36. The Morgan fingerprint density at radius 3 is 3.00 bits per heavy atom. The first-order valence-electron chi connectivity index (χ1n) is 3.37. The molecule has 66 valence electrons. The summed E-state index contributed by atoms with van der Waals surface area (Å²) in [4.78, 5) is 11.0. The van der Waals surface area contributed by atoms with E-state index in [-0.39, 0.29) is 6.61 Å². The monoisotopic (exact) mass is 170 g/mol. The molecule has 0 radical (unpaired) electrons. The van der Waals surface area contributed by atoms with Gasteiger partial charge in [-0.2, -0.15) is 5.10 Å². The van der Waals surface area contributed by atoms with Crippen LogP contribution in [0.2, 0.25) is 0 Å². The number of aromatic amines is 1. The largest absolute Gasteiger partial charge is 0.459 e. The van der Waals surface area contributed by atoms with Crippen LogP contribution in [0.25, 0.3) is 0 Å². The second kappa shape index (κ2) is 3.84. The first-order chi connectivity index (χ1) is 5.70. The molecule has 0 aromatic carbocycles. The van der Waals surface area contributed by atoms with E-state index in [0.717, 1.165) is 0 Å². The van der Waals surface area contributed by atoms with E-state index in [4.69, 9.17) is 16.2 Å². The highest BCUT2D eigenvalue weighted by molar-refractivity contribution is 5.88. The Hall–Kier alpha value is -1.40. The molecule has 6 heteroatoms. The van der Waals surface area contributed by atoms with Crippen molar-refractivity contribution in [3.05, 3.63) is 18.0 Å². The van der Waals surface area contributed by atoms with Crippen LogP contribution >= 0.6 is 0 Å². The van der Waals surface area contributed by atoms with Crippen LogP contribution in [0.15, 0.2) is 12.4 Å². The quantitative estimate of drug-likeness (QED) is 0.390. The number of aromatic nitrogens is 2. The van der Waals surface area contributed by atoms with Gasteiger partial charge in [-0.1, -0.05) is 0 Å². The first kappa shape index (κ1) is 8.69. The SMILES string of the molecule is NC(N)COC(=O)c1cn[nH]c1. The molecule has 1 rings (SSSR count). The Labute approximate surface area is 68.9 Å². The molecule has 0 bridgehead atoms. The van der Waals surface area contributed by atoms with Gasteiger partial charge in [0, 0.05) is 6.20 Å². The summed E-state index contributed by atoms with van der Waals surface area (Å²) in [6.45, 7) is 0.00398. The van der Waals surface area contributed by atoms with E-state index in [2.05, 4.69) is 10.2 Å². The van der Waals surface area contributed by atoms with Gasteiger partial charge in [-0.25, -0.2) is 4.79 Å². The van der Waals surface area contributed by atoms with Gasteiger partial charge in [0.15, 0.2) is 0 Å². The van der Waals surface area contributed by atoms with Crippen molar-refractivity contribution in [3.63, 3.8) is 0 Å². The molecule has 0 amide bonds. The minimum Gasteiger partial charge on any atom is -0.459 e. The minimum absolute atomic E-state index is 0.00398. The number of hydrogen-bond acceptors (Lipinski definition) is 5. The topological polar surface area (TPSA) is 107 Å². The molecular weight excluding hydrogens is 160 g/mol. The normalized spacial score (nSPS) is 10.2. The average molecular weight is 170 g/mol. The van der Waals surface area contributed by atoms with E-state index in [0.29, 0.717) is 5.56 Å². The van der Waals surface area contributed by atoms with Crippen molar-refractivity contribution in [1.82, 2.24) is 10.2 Å². The minimum atomic E-state index is -0.638. The van der Waals surface area contributed by atoms with Crippen LogP contribution < -0.4 is 11.5 Å². The van der Waals surface area contributed by atoms with Crippen LogP contribution in [-0.2, 0) is 4.74 Å². The molecular formula is C6H10N4O2. The lowest BCUT2D eigenvalue weighted by atomic mass is 10.4. The van der Waals surface area contributed by atoms with Gasteiger partial charge in [0.2, 0.25) is 0 Å². The molecule has 0 atom stereocenters. The molecule has 0 spiro atoms. The van der Waals surface area contributed by atoms with Crippen LogP contribution in [0.4, 0.5) is 0 Å². The van der Waals surface area contributed by atoms with Gasteiger partial charge in [0.1, 0.15) is 6.61 Å². The number of carbonyl (C=O) groups is 1. The fourth-order valence-electron chi connectivity index (χ4n) is 0.618. The maximum atomic E-state index is 11.0. The van der Waals surface area contributed by atoms with E-state index in [1.807, 2.05) is 0 Å². The number of nitrogens with zero attached hydrogens (tertiary/aromatic N) is 1. The maximum absolute atomic E-state index is 11.0. The predicted molar refractivity (Wildman–Crippen MR) is 41.0 cm³/mol. The van der Waals surface area contributed by atoms with Gasteiger partial charge < -0.3 is 16.2 Å². The number of esters is 1. The van der Waals surface area contributed by atoms with Gasteiger partial charge >= 0.3 is 5.97 Å². The van der Waals surface area contributed by atoms with E-state index in [9.17, 15) is 4.79 Å². The number of rotatable bonds is 3. The van der Waals surface area contributed by atoms with Crippen molar-refractivity contribution in [2.24, 2.45) is 11.5 Å². The molecule has 0 aliphatic heterocycles. The Morgan fingerprint density at radius 2 is 2.50 bits per heavy atom. The number of nitrogens with two attached hydrogens (primary N) is 2. The highest BCUT2D eigenvalue weighted by Crippen LogP contribution is 1.96. The summed E-state index contributed by atoms with van der Waals surface area (Å²) in [5.41, 5.74) is 10.7. The molecule has 0 aliphatic rings. The summed E-state index contributed by atoms with van der Waals surface area (Å²) >= 11 is 0. The third-order valence-corrected chi connectivity index (χ3v) is 1.14. The summed E-state index contributed by atoms with van der Waals surface area (Å²) < 4.78 is 4.70. The van der Waals surface area contributed by atoms with Crippen molar-refractivity contribution in [2.75, 3.05) is 6.61 Å². The number of hydrogen-bond donors (Lipinski definition) is 3. The molecule has 12 heavy (non-hydrogen) atoms. The molecule has 0 fully saturated rings. The van der Waals surface area contributed by atoms with Crippen molar-refractivity contribution in [1.29, 1.82) is 0 Å². The molecule has 0 aliphatic carbocycles. The zero-order valence-corrected chi connectivity index (χ0v) is 6.36. The van der Waals surface area contributed by atoms with Gasteiger partial charge in [-0.05, 0) is 0 Å². The molecule has 0 saturated carbocycles. The van der Waals surface area contributed by atoms with E-state index in [1.165, 1.54) is 12.4 Å². The highest BCUT2D eigenvalue weighted by Gasteiger charge is 2.08. The molecule has 1 aromatic rings.